The second kappa shape index (κ2) is 10.6. The van der Waals surface area contributed by atoms with Crippen LogP contribution < -0.4 is 4.90 Å². The van der Waals surface area contributed by atoms with Crippen molar-refractivity contribution in [3.8, 4) is 0 Å². The van der Waals surface area contributed by atoms with Gasteiger partial charge in [0.2, 0.25) is 11.8 Å². The van der Waals surface area contributed by atoms with Crippen LogP contribution in [0.2, 0.25) is 10.0 Å². The minimum Gasteiger partial charge on any atom is -0.325 e. The van der Waals surface area contributed by atoms with Crippen molar-refractivity contribution >= 4 is 46.6 Å². The molecule has 7 heteroatoms. The molecule has 1 aliphatic heterocycles. The molecule has 0 spiro atoms. The summed E-state index contributed by atoms with van der Waals surface area (Å²) in [6, 6.07) is 20.7. The third-order valence-corrected chi connectivity index (χ3v) is 6.83. The molecule has 1 unspecified atom stereocenters. The maximum absolute atomic E-state index is 13.5. The number of rotatable bonds is 7. The fourth-order valence-corrected chi connectivity index (χ4v) is 4.52. The van der Waals surface area contributed by atoms with Crippen molar-refractivity contribution in [1.82, 2.24) is 4.90 Å². The maximum atomic E-state index is 13.5. The molecule has 0 aliphatic carbocycles. The van der Waals surface area contributed by atoms with Crippen LogP contribution in [-0.2, 0) is 27.3 Å². The van der Waals surface area contributed by atoms with Gasteiger partial charge in [0.15, 0.2) is 0 Å². The molecule has 1 saturated heterocycles. The number of carbonyl (C=O) groups excluding carboxylic acids is 3. The highest BCUT2D eigenvalue weighted by Crippen LogP contribution is 2.29. The number of carbonyl (C=O) groups is 3. The number of nitrogens with zero attached hydrogens (tertiary/aromatic N) is 2. The van der Waals surface area contributed by atoms with Crippen LogP contribution >= 0.6 is 23.2 Å². The molecule has 35 heavy (non-hydrogen) atoms. The van der Waals surface area contributed by atoms with Gasteiger partial charge in [0.1, 0.15) is 6.04 Å². The molecule has 0 aromatic heterocycles. The summed E-state index contributed by atoms with van der Waals surface area (Å²) in [4.78, 5) is 42.6. The number of anilines is 1. The highest BCUT2D eigenvalue weighted by atomic mass is 35.5. The first-order chi connectivity index (χ1) is 16.7. The summed E-state index contributed by atoms with van der Waals surface area (Å²) in [6.07, 6.45) is -0.00967. The van der Waals surface area contributed by atoms with E-state index in [1.54, 1.807) is 48.5 Å². The Balaban J connectivity index is 1.63. The normalized spacial score (nSPS) is 15.7. The first kappa shape index (κ1) is 25.0. The van der Waals surface area contributed by atoms with E-state index < -0.39 is 11.9 Å². The van der Waals surface area contributed by atoms with Crippen LogP contribution in [0.25, 0.3) is 0 Å². The van der Waals surface area contributed by atoms with Gasteiger partial charge in [-0.3, -0.25) is 14.4 Å². The highest BCUT2D eigenvalue weighted by molar-refractivity contribution is 6.31. The van der Waals surface area contributed by atoms with Gasteiger partial charge in [-0.1, -0.05) is 79.5 Å². The molecule has 0 saturated carbocycles. The molecule has 1 heterocycles. The van der Waals surface area contributed by atoms with Crippen molar-refractivity contribution in [3.05, 3.63) is 99.5 Å². The van der Waals surface area contributed by atoms with Crippen LogP contribution in [0.4, 0.5) is 5.69 Å². The molecule has 0 radical (unpaired) electrons. The van der Waals surface area contributed by atoms with E-state index in [0.717, 1.165) is 11.1 Å². The van der Waals surface area contributed by atoms with Crippen molar-refractivity contribution in [1.29, 1.82) is 0 Å². The number of hydrogen-bond acceptors (Lipinski definition) is 3. The number of halogens is 2. The third kappa shape index (κ3) is 5.58. The molecule has 4 rings (SSSR count). The van der Waals surface area contributed by atoms with E-state index in [1.807, 2.05) is 24.3 Å². The van der Waals surface area contributed by atoms with E-state index in [-0.39, 0.29) is 31.2 Å². The van der Waals surface area contributed by atoms with Crippen LogP contribution in [0.1, 0.15) is 42.9 Å². The summed E-state index contributed by atoms with van der Waals surface area (Å²) in [5, 5.41) is 1.07. The number of hydrogen-bond donors (Lipinski definition) is 0. The summed E-state index contributed by atoms with van der Waals surface area (Å²) >= 11 is 12.4. The van der Waals surface area contributed by atoms with Gasteiger partial charge in [-0.2, -0.15) is 0 Å². The lowest BCUT2D eigenvalue weighted by Gasteiger charge is -2.28. The fraction of sp³-hybridized carbons (Fsp3) is 0.250. The van der Waals surface area contributed by atoms with Crippen molar-refractivity contribution in [2.24, 2.45) is 0 Å². The average Bonchev–Trinajstić information content (AvgIpc) is 3.13. The van der Waals surface area contributed by atoms with Crippen molar-refractivity contribution in [2.75, 3.05) is 4.90 Å². The maximum Gasteiger partial charge on any atom is 0.257 e. The van der Waals surface area contributed by atoms with Gasteiger partial charge in [0.25, 0.3) is 5.91 Å². The topological polar surface area (TPSA) is 57.7 Å². The molecule has 0 N–H and O–H groups in total. The lowest BCUT2D eigenvalue weighted by Crippen LogP contribution is -2.45. The van der Waals surface area contributed by atoms with Crippen molar-refractivity contribution in [3.63, 3.8) is 0 Å². The SMILES string of the molecule is CC(C)c1ccc(N2C(=O)CC(N(Cc3ccccc3Cl)C(=O)Cc3ccc(Cl)cc3)C2=O)cc1. The molecule has 5 nitrogen and oxygen atoms in total. The Morgan fingerprint density at radius 1 is 0.971 bits per heavy atom. The molecule has 1 aliphatic rings. The lowest BCUT2D eigenvalue weighted by atomic mass is 10.0. The molecule has 3 amide bonds. The smallest absolute Gasteiger partial charge is 0.257 e. The minimum atomic E-state index is -0.914. The summed E-state index contributed by atoms with van der Waals surface area (Å²) < 4.78 is 0. The van der Waals surface area contributed by atoms with Crippen LogP contribution in [-0.4, -0.2) is 28.7 Å². The molecular formula is C28H26Cl2N2O3. The molecule has 3 aromatic carbocycles. The number of imide groups is 1. The second-order valence-corrected chi connectivity index (χ2v) is 9.79. The zero-order chi connectivity index (χ0) is 25.1. The van der Waals surface area contributed by atoms with E-state index in [4.69, 9.17) is 23.2 Å². The Bertz CT molecular complexity index is 1240. The van der Waals surface area contributed by atoms with Crippen molar-refractivity contribution in [2.45, 2.75) is 45.2 Å². The Morgan fingerprint density at radius 2 is 1.63 bits per heavy atom. The van der Waals surface area contributed by atoms with Crippen LogP contribution in [0, 0.1) is 0 Å². The predicted molar refractivity (Wildman–Crippen MR) is 139 cm³/mol. The lowest BCUT2D eigenvalue weighted by molar-refractivity contribution is -0.138. The third-order valence-electron chi connectivity index (χ3n) is 6.20. The van der Waals surface area contributed by atoms with Gasteiger partial charge >= 0.3 is 0 Å². The number of amides is 3. The molecular weight excluding hydrogens is 483 g/mol. The first-order valence-electron chi connectivity index (χ1n) is 11.5. The Hall–Kier alpha value is -3.15. The van der Waals surface area contributed by atoms with E-state index in [1.165, 1.54) is 9.80 Å². The second-order valence-electron chi connectivity index (χ2n) is 8.95. The molecule has 3 aromatic rings. The number of benzene rings is 3. The summed E-state index contributed by atoms with van der Waals surface area (Å²) in [7, 11) is 0. The zero-order valence-electron chi connectivity index (χ0n) is 19.6. The average molecular weight is 509 g/mol. The van der Waals surface area contributed by atoms with Gasteiger partial charge in [0, 0.05) is 16.6 Å². The van der Waals surface area contributed by atoms with Gasteiger partial charge in [-0.25, -0.2) is 4.90 Å². The Morgan fingerprint density at radius 3 is 2.26 bits per heavy atom. The summed E-state index contributed by atoms with van der Waals surface area (Å²) in [5.74, 6) is -0.682. The zero-order valence-corrected chi connectivity index (χ0v) is 21.1. The van der Waals surface area contributed by atoms with Gasteiger partial charge in [-0.05, 0) is 52.9 Å². The quantitative estimate of drug-likeness (QED) is 0.366. The molecule has 1 fully saturated rings. The fourth-order valence-electron chi connectivity index (χ4n) is 4.20. The van der Waals surface area contributed by atoms with E-state index in [9.17, 15) is 14.4 Å². The predicted octanol–water partition coefficient (Wildman–Crippen LogP) is 6.02. The van der Waals surface area contributed by atoms with Crippen LogP contribution in [0.15, 0.2) is 72.8 Å². The van der Waals surface area contributed by atoms with Gasteiger partial charge in [-0.15, -0.1) is 0 Å². The van der Waals surface area contributed by atoms with E-state index >= 15 is 0 Å². The monoisotopic (exact) mass is 508 g/mol. The highest BCUT2D eigenvalue weighted by Gasteiger charge is 2.44. The molecule has 1 atom stereocenters. The summed E-state index contributed by atoms with van der Waals surface area (Å²) in [6.45, 7) is 4.28. The first-order valence-corrected chi connectivity index (χ1v) is 12.2. The Labute approximate surface area is 215 Å². The van der Waals surface area contributed by atoms with Crippen molar-refractivity contribution < 1.29 is 14.4 Å². The van der Waals surface area contributed by atoms with Crippen LogP contribution in [0.5, 0.6) is 0 Å². The van der Waals surface area contributed by atoms with E-state index in [2.05, 4.69) is 13.8 Å². The van der Waals surface area contributed by atoms with E-state index in [0.29, 0.717) is 27.2 Å². The van der Waals surface area contributed by atoms with Crippen LogP contribution in [0.3, 0.4) is 0 Å². The van der Waals surface area contributed by atoms with Gasteiger partial charge < -0.3 is 4.90 Å². The summed E-state index contributed by atoms with van der Waals surface area (Å²) in [5.41, 5.74) is 3.10. The Kier molecular flexibility index (Phi) is 7.58. The standard InChI is InChI=1S/C28H26Cl2N2O3/c1-18(2)20-9-13-23(14-10-20)32-27(34)16-25(28(32)35)31(17-21-5-3-4-6-24(21)30)26(33)15-19-7-11-22(29)12-8-19/h3-14,18,25H,15-17H2,1-2H3. The van der Waals surface area contributed by atoms with Gasteiger partial charge in [0.05, 0.1) is 18.5 Å². The molecule has 0 bridgehead atoms. The largest absolute Gasteiger partial charge is 0.325 e. The molecule has 180 valence electrons. The minimum absolute atomic E-state index is 0.0721.